The standard InChI is InChI=1S/C26H40N6O4.Cu/c1-23(2)14-31-12-19-9-18(11-27)10-20(28-19)13-32(17-25(5,35-7)21(33)29-23)15-24(3,4)30-22(34)26(6,16-31)36-8;/h9-10H,12-17H2,1-8H3,(H,29,33)(H,30,34);/q;+2/p-2/t25-,26+;. The first-order valence-corrected chi connectivity index (χ1v) is 12.1. The van der Waals surface area contributed by atoms with Gasteiger partial charge in [0.05, 0.1) is 34.1 Å². The number of nitrogens with zero attached hydrogens (tertiary/aromatic N) is 6. The molecule has 2 aliphatic rings. The van der Waals surface area contributed by atoms with E-state index in [2.05, 4.69) is 16.1 Å². The maximum atomic E-state index is 13.5. The average Bonchev–Trinajstić information content (AvgIpc) is 2.76. The van der Waals surface area contributed by atoms with Crippen LogP contribution >= 0.6 is 0 Å². The SMILES string of the molecule is CO[C@]1(C)CN2Cc3cc(C#N)cc(n3)CN(CC(C)(C)N=C1[O-])C[C@](C)(OC)C([O-])=NC(C)(C)C2.[Cu+2]. The molecule has 0 saturated heterocycles. The molecule has 1 aromatic rings. The second-order valence-corrected chi connectivity index (χ2v) is 11.6. The Morgan fingerprint density at radius 3 is 1.49 bits per heavy atom. The quantitative estimate of drug-likeness (QED) is 0.476. The van der Waals surface area contributed by atoms with Gasteiger partial charge < -0.3 is 19.7 Å². The topological polar surface area (TPSA) is 132 Å². The zero-order valence-electron chi connectivity index (χ0n) is 23.0. The van der Waals surface area contributed by atoms with E-state index in [-0.39, 0.29) is 42.0 Å². The Kier molecular flexibility index (Phi) is 9.57. The van der Waals surface area contributed by atoms with E-state index in [4.69, 9.17) is 14.5 Å². The minimum atomic E-state index is -1.23. The summed E-state index contributed by atoms with van der Waals surface area (Å²) >= 11 is 0. The van der Waals surface area contributed by atoms with Gasteiger partial charge in [-0.2, -0.15) is 5.26 Å². The van der Waals surface area contributed by atoms with E-state index < -0.39 is 22.3 Å². The summed E-state index contributed by atoms with van der Waals surface area (Å²) in [5, 5.41) is 36.7. The van der Waals surface area contributed by atoms with Crippen LogP contribution < -0.4 is 10.2 Å². The molecule has 207 valence electrons. The molecule has 0 saturated carbocycles. The number of fused-ring (bicyclic) bond motifs is 2. The third-order valence-corrected chi connectivity index (χ3v) is 6.72. The zero-order chi connectivity index (χ0) is 26.9. The van der Waals surface area contributed by atoms with Crippen LogP contribution in [0.5, 0.6) is 0 Å². The molecule has 4 atom stereocenters. The van der Waals surface area contributed by atoms with Crippen LogP contribution in [0.25, 0.3) is 0 Å². The molecule has 1 radical (unpaired) electrons. The van der Waals surface area contributed by atoms with Crippen LogP contribution in [0.2, 0.25) is 0 Å². The van der Waals surface area contributed by atoms with Crippen LogP contribution in [0.4, 0.5) is 0 Å². The summed E-state index contributed by atoms with van der Waals surface area (Å²) in [6, 6.07) is 5.75. The summed E-state index contributed by atoms with van der Waals surface area (Å²) in [4.78, 5) is 18.0. The van der Waals surface area contributed by atoms with Gasteiger partial charge >= 0.3 is 17.1 Å². The van der Waals surface area contributed by atoms with Crippen LogP contribution in [-0.2, 0) is 39.6 Å². The monoisotopic (exact) mass is 561 g/mol. The predicted octanol–water partition coefficient (Wildman–Crippen LogP) is 0.467. The number of rotatable bonds is 2. The molecule has 0 N–H and O–H groups in total. The van der Waals surface area contributed by atoms with Gasteiger partial charge in [-0.05, 0) is 65.5 Å². The van der Waals surface area contributed by atoms with Gasteiger partial charge in [-0.25, -0.2) is 0 Å². The Labute approximate surface area is 230 Å². The van der Waals surface area contributed by atoms with E-state index in [0.717, 1.165) is 0 Å². The fourth-order valence-corrected chi connectivity index (χ4v) is 4.91. The van der Waals surface area contributed by atoms with Crippen LogP contribution in [0, 0.1) is 11.3 Å². The minimum Gasteiger partial charge on any atom is -0.860 e. The average molecular weight is 562 g/mol. The van der Waals surface area contributed by atoms with Crippen molar-refractivity contribution in [3.05, 3.63) is 29.1 Å². The van der Waals surface area contributed by atoms with Crippen molar-refractivity contribution in [1.29, 1.82) is 5.26 Å². The Morgan fingerprint density at radius 1 is 0.784 bits per heavy atom. The Morgan fingerprint density at radius 2 is 1.16 bits per heavy atom. The molecular formula is C26H38CuN6O4. The van der Waals surface area contributed by atoms with Gasteiger partial charge in [0, 0.05) is 53.5 Å². The molecule has 0 fully saturated rings. The maximum Gasteiger partial charge on any atom is 2.00 e. The van der Waals surface area contributed by atoms with Crippen molar-refractivity contribution in [2.45, 2.75) is 76.9 Å². The third kappa shape index (κ3) is 7.50. The fourth-order valence-electron chi connectivity index (χ4n) is 4.91. The van der Waals surface area contributed by atoms with E-state index in [1.54, 1.807) is 26.0 Å². The van der Waals surface area contributed by atoms with Crippen molar-refractivity contribution in [2.75, 3.05) is 40.4 Å². The second-order valence-electron chi connectivity index (χ2n) is 11.6. The van der Waals surface area contributed by atoms with Gasteiger partial charge in [-0.1, -0.05) is 0 Å². The van der Waals surface area contributed by atoms with Crippen LogP contribution in [-0.4, -0.2) is 89.3 Å². The van der Waals surface area contributed by atoms with Crippen molar-refractivity contribution in [2.24, 2.45) is 9.98 Å². The molecule has 1 aromatic heterocycles. The number of hydrogen-bond donors (Lipinski definition) is 0. The smallest absolute Gasteiger partial charge is 0.860 e. The molecule has 3 rings (SSSR count). The van der Waals surface area contributed by atoms with Gasteiger partial charge in [0.15, 0.2) is 0 Å². The van der Waals surface area contributed by atoms with E-state index in [9.17, 15) is 15.5 Å². The first-order chi connectivity index (χ1) is 16.6. The molecule has 11 heteroatoms. The van der Waals surface area contributed by atoms with Gasteiger partial charge in [0.1, 0.15) is 11.2 Å². The van der Waals surface area contributed by atoms with Gasteiger partial charge in [-0.15, -0.1) is 0 Å². The molecule has 3 heterocycles. The summed E-state index contributed by atoms with van der Waals surface area (Å²) in [7, 11) is 3.00. The van der Waals surface area contributed by atoms with Gasteiger partial charge in [-0.3, -0.25) is 24.8 Å². The molecular weight excluding hydrogens is 524 g/mol. The molecule has 0 aliphatic carbocycles. The van der Waals surface area contributed by atoms with Crippen molar-refractivity contribution in [3.63, 3.8) is 0 Å². The summed E-state index contributed by atoms with van der Waals surface area (Å²) in [5.41, 5.74) is -2.16. The number of ether oxygens (including phenoxy) is 2. The molecule has 0 amide bonds. The normalized spacial score (nSPS) is 31.8. The zero-order valence-corrected chi connectivity index (χ0v) is 24.0. The number of pyridine rings is 1. The summed E-state index contributed by atoms with van der Waals surface area (Å²) < 4.78 is 11.5. The molecule has 0 spiro atoms. The number of aromatic nitrogens is 1. The number of hydrogen-bond acceptors (Lipinski definition) is 10. The maximum absolute atomic E-state index is 13.5. The van der Waals surface area contributed by atoms with Crippen LogP contribution in [0.1, 0.15) is 58.5 Å². The third-order valence-electron chi connectivity index (χ3n) is 6.72. The Hall–Kier alpha value is -2.06. The first-order valence-electron chi connectivity index (χ1n) is 12.1. The minimum absolute atomic E-state index is 0. The first kappa shape index (κ1) is 31.2. The Balaban J connectivity index is 0.00000481. The molecule has 37 heavy (non-hydrogen) atoms. The fraction of sp³-hybridized carbons (Fsp3) is 0.692. The van der Waals surface area contributed by atoms with Gasteiger partial charge in [0.25, 0.3) is 0 Å². The van der Waals surface area contributed by atoms with E-state index in [0.29, 0.717) is 43.1 Å². The van der Waals surface area contributed by atoms with Crippen molar-refractivity contribution in [3.8, 4) is 6.07 Å². The number of nitriles is 1. The number of methoxy groups -OCH3 is 2. The van der Waals surface area contributed by atoms with Crippen LogP contribution in [0.3, 0.4) is 0 Å². The van der Waals surface area contributed by atoms with Gasteiger partial charge in [0.2, 0.25) is 0 Å². The number of aliphatic imine (C=N–C) groups is 2. The van der Waals surface area contributed by atoms with E-state index in [1.807, 2.05) is 37.5 Å². The van der Waals surface area contributed by atoms with Crippen molar-refractivity contribution in [1.82, 2.24) is 14.8 Å². The summed E-state index contributed by atoms with van der Waals surface area (Å²) in [6.45, 7) is 12.7. The van der Waals surface area contributed by atoms with E-state index in [1.165, 1.54) is 14.2 Å². The summed E-state index contributed by atoms with van der Waals surface area (Å²) in [5.74, 6) is -0.706. The summed E-state index contributed by atoms with van der Waals surface area (Å²) in [6.07, 6.45) is 0. The predicted molar refractivity (Wildman–Crippen MR) is 133 cm³/mol. The second kappa shape index (κ2) is 11.4. The van der Waals surface area contributed by atoms with Crippen LogP contribution in [0.15, 0.2) is 22.1 Å². The van der Waals surface area contributed by atoms with Crippen molar-refractivity contribution >= 4 is 11.8 Å². The largest absolute Gasteiger partial charge is 2.00 e. The van der Waals surface area contributed by atoms with E-state index >= 15 is 0 Å². The molecule has 0 aromatic carbocycles. The molecule has 2 unspecified atom stereocenters. The molecule has 4 bridgehead atoms. The molecule has 2 aliphatic heterocycles. The van der Waals surface area contributed by atoms with Crippen molar-refractivity contribution < 1.29 is 36.8 Å². The molecule has 10 nitrogen and oxygen atoms in total. The Bertz CT molecular complexity index is 1010.